The second-order valence-electron chi connectivity index (χ2n) is 4.79. The van der Waals surface area contributed by atoms with Gasteiger partial charge in [-0.05, 0) is 12.8 Å². The van der Waals surface area contributed by atoms with E-state index in [9.17, 15) is 4.79 Å². The molecular formula is C13H17N3O3. The molecule has 0 saturated heterocycles. The van der Waals surface area contributed by atoms with Crippen molar-refractivity contribution in [1.29, 1.82) is 0 Å². The first kappa shape index (κ1) is 13.3. The van der Waals surface area contributed by atoms with Gasteiger partial charge >= 0.3 is 0 Å². The van der Waals surface area contributed by atoms with E-state index in [4.69, 9.17) is 9.05 Å². The Kier molecular flexibility index (Phi) is 3.69. The number of aromatic nitrogens is 2. The Morgan fingerprint density at radius 1 is 1.26 bits per heavy atom. The van der Waals surface area contributed by atoms with Crippen LogP contribution in [0.4, 0.5) is 0 Å². The maximum atomic E-state index is 12.3. The van der Waals surface area contributed by atoms with Crippen molar-refractivity contribution in [2.75, 3.05) is 7.05 Å². The molecule has 1 atom stereocenters. The zero-order chi connectivity index (χ0) is 14.0. The van der Waals surface area contributed by atoms with Crippen LogP contribution in [0.5, 0.6) is 0 Å². The third-order valence-electron chi connectivity index (χ3n) is 3.12. The quantitative estimate of drug-likeness (QED) is 0.847. The van der Waals surface area contributed by atoms with Gasteiger partial charge in [0.1, 0.15) is 12.0 Å². The summed E-state index contributed by atoms with van der Waals surface area (Å²) in [5.74, 6) is 0.236. The topological polar surface area (TPSA) is 72.4 Å². The average Bonchev–Trinajstić information content (AvgIpc) is 3.06. The molecule has 0 aliphatic rings. The number of rotatable bonds is 4. The van der Waals surface area contributed by atoms with Crippen molar-refractivity contribution in [2.24, 2.45) is 0 Å². The molecule has 0 fully saturated rings. The van der Waals surface area contributed by atoms with Crippen molar-refractivity contribution in [3.05, 3.63) is 35.5 Å². The molecule has 6 heteroatoms. The van der Waals surface area contributed by atoms with Crippen LogP contribution >= 0.6 is 0 Å². The molecule has 2 rings (SSSR count). The maximum Gasteiger partial charge on any atom is 0.292 e. The fourth-order valence-corrected chi connectivity index (χ4v) is 1.65. The van der Waals surface area contributed by atoms with Crippen LogP contribution in [0.1, 0.15) is 54.7 Å². The minimum absolute atomic E-state index is 0.196. The van der Waals surface area contributed by atoms with Gasteiger partial charge in [-0.15, -0.1) is 0 Å². The number of amides is 1. The predicted molar refractivity (Wildman–Crippen MR) is 67.6 cm³/mol. The fourth-order valence-electron chi connectivity index (χ4n) is 1.65. The number of nitrogens with zero attached hydrogens (tertiary/aromatic N) is 3. The standard InChI is InChI=1S/C13H17N3O3/c1-8(2)11-7-12(19-15-11)13(17)16(4)9(3)10-5-6-18-14-10/h5-9H,1-4H3/t9-/m1/s1. The summed E-state index contributed by atoms with van der Waals surface area (Å²) in [5, 5.41) is 7.72. The van der Waals surface area contributed by atoms with Gasteiger partial charge < -0.3 is 13.9 Å². The van der Waals surface area contributed by atoms with E-state index in [2.05, 4.69) is 10.3 Å². The summed E-state index contributed by atoms with van der Waals surface area (Å²) in [6.45, 7) is 5.86. The van der Waals surface area contributed by atoms with Gasteiger partial charge in [0, 0.05) is 19.2 Å². The molecule has 6 nitrogen and oxygen atoms in total. The van der Waals surface area contributed by atoms with E-state index in [1.165, 1.54) is 6.26 Å². The largest absolute Gasteiger partial charge is 0.364 e. The first-order chi connectivity index (χ1) is 9.00. The Balaban J connectivity index is 2.14. The number of carbonyl (C=O) groups is 1. The molecule has 2 heterocycles. The highest BCUT2D eigenvalue weighted by Gasteiger charge is 2.24. The summed E-state index contributed by atoms with van der Waals surface area (Å²) in [4.78, 5) is 13.8. The zero-order valence-electron chi connectivity index (χ0n) is 11.5. The van der Waals surface area contributed by atoms with E-state index in [1.807, 2.05) is 20.8 Å². The second-order valence-corrected chi connectivity index (χ2v) is 4.79. The van der Waals surface area contributed by atoms with Crippen LogP contribution in [-0.2, 0) is 0 Å². The lowest BCUT2D eigenvalue weighted by molar-refractivity contribution is 0.0695. The van der Waals surface area contributed by atoms with Crippen LogP contribution in [-0.4, -0.2) is 28.2 Å². The van der Waals surface area contributed by atoms with Crippen molar-refractivity contribution >= 4 is 5.91 Å². The minimum atomic E-state index is -0.227. The molecule has 102 valence electrons. The van der Waals surface area contributed by atoms with Crippen LogP contribution in [0, 0.1) is 0 Å². The molecule has 0 bridgehead atoms. The normalized spacial score (nSPS) is 12.7. The van der Waals surface area contributed by atoms with Gasteiger partial charge in [0.25, 0.3) is 5.91 Å². The van der Waals surface area contributed by atoms with Crippen LogP contribution in [0.2, 0.25) is 0 Å². The minimum Gasteiger partial charge on any atom is -0.364 e. The van der Waals surface area contributed by atoms with Gasteiger partial charge in [-0.1, -0.05) is 24.2 Å². The first-order valence-electron chi connectivity index (χ1n) is 6.14. The molecule has 1 amide bonds. The average molecular weight is 263 g/mol. The summed E-state index contributed by atoms with van der Waals surface area (Å²) < 4.78 is 9.87. The molecule has 19 heavy (non-hydrogen) atoms. The van der Waals surface area contributed by atoms with Crippen LogP contribution < -0.4 is 0 Å². The van der Waals surface area contributed by atoms with Crippen LogP contribution in [0.3, 0.4) is 0 Å². The zero-order valence-corrected chi connectivity index (χ0v) is 11.5. The summed E-state index contributed by atoms with van der Waals surface area (Å²) in [6.07, 6.45) is 1.48. The number of carbonyl (C=O) groups excluding carboxylic acids is 1. The highest BCUT2D eigenvalue weighted by atomic mass is 16.5. The lowest BCUT2D eigenvalue weighted by atomic mass is 10.1. The third-order valence-corrected chi connectivity index (χ3v) is 3.12. The molecule has 0 aromatic carbocycles. The van der Waals surface area contributed by atoms with Crippen molar-refractivity contribution in [1.82, 2.24) is 15.2 Å². The van der Waals surface area contributed by atoms with Gasteiger partial charge in [-0.25, -0.2) is 0 Å². The number of hydrogen-bond acceptors (Lipinski definition) is 5. The predicted octanol–water partition coefficient (Wildman–Crippen LogP) is 2.62. The summed E-state index contributed by atoms with van der Waals surface area (Å²) in [7, 11) is 1.69. The molecule has 2 aromatic heterocycles. The van der Waals surface area contributed by atoms with Crippen molar-refractivity contribution in [3.8, 4) is 0 Å². The molecule has 0 aliphatic heterocycles. The highest BCUT2D eigenvalue weighted by molar-refractivity contribution is 5.91. The SMILES string of the molecule is CC(C)c1cc(C(=O)N(C)[C@H](C)c2ccon2)on1. The van der Waals surface area contributed by atoms with Gasteiger partial charge in [0.2, 0.25) is 5.76 Å². The van der Waals surface area contributed by atoms with E-state index >= 15 is 0 Å². The van der Waals surface area contributed by atoms with Gasteiger partial charge in [-0.2, -0.15) is 0 Å². The lowest BCUT2D eigenvalue weighted by Gasteiger charge is -2.21. The van der Waals surface area contributed by atoms with Crippen molar-refractivity contribution in [2.45, 2.75) is 32.7 Å². The summed E-state index contributed by atoms with van der Waals surface area (Å²) >= 11 is 0. The van der Waals surface area contributed by atoms with Crippen LogP contribution in [0.25, 0.3) is 0 Å². The van der Waals surface area contributed by atoms with E-state index < -0.39 is 0 Å². The Hall–Kier alpha value is -2.11. The molecule has 0 aliphatic carbocycles. The molecule has 0 unspecified atom stereocenters. The van der Waals surface area contributed by atoms with E-state index in [0.717, 1.165) is 5.69 Å². The van der Waals surface area contributed by atoms with Crippen molar-refractivity contribution < 1.29 is 13.8 Å². The Bertz CT molecular complexity index is 545. The van der Waals surface area contributed by atoms with E-state index in [1.54, 1.807) is 24.1 Å². The molecule has 0 N–H and O–H groups in total. The molecular weight excluding hydrogens is 246 g/mol. The third kappa shape index (κ3) is 2.67. The fraction of sp³-hybridized carbons (Fsp3) is 0.462. The first-order valence-corrected chi connectivity index (χ1v) is 6.14. The van der Waals surface area contributed by atoms with Crippen molar-refractivity contribution in [3.63, 3.8) is 0 Å². The Morgan fingerprint density at radius 2 is 2.00 bits per heavy atom. The van der Waals surface area contributed by atoms with Crippen LogP contribution in [0.15, 0.2) is 27.4 Å². The second kappa shape index (κ2) is 5.26. The smallest absolute Gasteiger partial charge is 0.292 e. The molecule has 0 radical (unpaired) electrons. The Labute approximate surface area is 111 Å². The summed E-state index contributed by atoms with van der Waals surface area (Å²) in [6, 6.07) is 3.21. The monoisotopic (exact) mass is 263 g/mol. The van der Waals surface area contributed by atoms with Gasteiger partial charge in [-0.3, -0.25) is 4.79 Å². The van der Waals surface area contributed by atoms with Gasteiger partial charge in [0.05, 0.1) is 11.7 Å². The Morgan fingerprint density at radius 3 is 2.53 bits per heavy atom. The molecule has 2 aromatic rings. The maximum absolute atomic E-state index is 12.3. The lowest BCUT2D eigenvalue weighted by Crippen LogP contribution is -2.29. The molecule has 0 saturated carbocycles. The number of hydrogen-bond donors (Lipinski definition) is 0. The van der Waals surface area contributed by atoms with Gasteiger partial charge in [0.15, 0.2) is 0 Å². The van der Waals surface area contributed by atoms with E-state index in [-0.39, 0.29) is 23.6 Å². The summed E-state index contributed by atoms with van der Waals surface area (Å²) in [5.41, 5.74) is 1.46. The molecule has 0 spiro atoms. The highest BCUT2D eigenvalue weighted by Crippen LogP contribution is 2.21. The van der Waals surface area contributed by atoms with E-state index in [0.29, 0.717) is 5.69 Å².